The Morgan fingerprint density at radius 3 is 1.81 bits per heavy atom. The first-order chi connectivity index (χ1) is 22.9. The first-order valence-corrected chi connectivity index (χ1v) is 17.1. The summed E-state index contributed by atoms with van der Waals surface area (Å²) in [7, 11) is 0. The van der Waals surface area contributed by atoms with Crippen molar-refractivity contribution in [3.63, 3.8) is 0 Å². The van der Waals surface area contributed by atoms with Crippen molar-refractivity contribution in [3.05, 3.63) is 155 Å². The van der Waals surface area contributed by atoms with Gasteiger partial charge in [-0.3, -0.25) is 14.9 Å². The molecule has 1 atom stereocenters. The Morgan fingerprint density at radius 2 is 1.34 bits per heavy atom. The van der Waals surface area contributed by atoms with Gasteiger partial charge in [-0.15, -0.1) is 0 Å². The molecule has 0 radical (unpaired) electrons. The standard InChI is InChI=1S/C36H29N4O5PS/c41-33-24-28(23-32(47)34-37-21-10-22-38-34)39(33)35(36(42)45-25-26-17-19-27(20-18-26)40(43)44)46(29-11-4-1-5-12-29,30-13-6-2-7-14-30)31-15-8-3-9-16-31/h1-22,28H,23-25H2. The van der Waals surface area contributed by atoms with Gasteiger partial charge >= 0.3 is 5.97 Å². The van der Waals surface area contributed by atoms with E-state index in [1.807, 2.05) is 91.0 Å². The highest BCUT2D eigenvalue weighted by atomic mass is 32.1. The average Bonchev–Trinajstić information content (AvgIpc) is 3.12. The summed E-state index contributed by atoms with van der Waals surface area (Å²) in [5.41, 5.74) is 0.739. The molecule has 5 aromatic rings. The number of nitrogens with zero attached hydrogens (tertiary/aromatic N) is 4. The molecule has 1 amide bonds. The Balaban J connectivity index is 1.57. The second-order valence-corrected chi connectivity index (χ2v) is 14.6. The van der Waals surface area contributed by atoms with Crippen LogP contribution in [0.2, 0.25) is 0 Å². The summed E-state index contributed by atoms with van der Waals surface area (Å²) in [6, 6.07) is 36.3. The molecule has 9 nitrogen and oxygen atoms in total. The van der Waals surface area contributed by atoms with Gasteiger partial charge in [0.15, 0.2) is 5.82 Å². The number of nitro groups is 1. The van der Waals surface area contributed by atoms with Gasteiger partial charge in [-0.25, -0.2) is 14.8 Å². The summed E-state index contributed by atoms with van der Waals surface area (Å²) in [6.07, 6.45) is 3.69. The highest BCUT2D eigenvalue weighted by molar-refractivity contribution is 7.96. The number of non-ortho nitro benzene ring substituents is 1. The zero-order chi connectivity index (χ0) is 32.8. The van der Waals surface area contributed by atoms with E-state index in [0.717, 1.165) is 15.9 Å². The minimum absolute atomic E-state index is 0.0677. The number of nitro benzene ring substituents is 1. The SMILES string of the molecule is O=C(OCc1ccc([N+](=O)[O-])cc1)C(N1C(=O)CC1CC(=S)c1ncccn1)=P(c1ccccc1)(c1ccccc1)c1ccccc1. The molecule has 0 aliphatic carbocycles. The molecule has 1 saturated heterocycles. The van der Waals surface area contributed by atoms with Gasteiger partial charge in [0.25, 0.3) is 5.69 Å². The Hall–Kier alpha value is -5.31. The largest absolute Gasteiger partial charge is 0.456 e. The molecule has 1 fully saturated rings. The number of carbonyl (C=O) groups excluding carboxylic acids is 2. The van der Waals surface area contributed by atoms with Crippen molar-refractivity contribution in [1.82, 2.24) is 14.9 Å². The highest BCUT2D eigenvalue weighted by Gasteiger charge is 2.47. The van der Waals surface area contributed by atoms with Crippen molar-refractivity contribution < 1.29 is 19.2 Å². The Kier molecular flexibility index (Phi) is 9.42. The number of ether oxygens (including phenoxy) is 1. The van der Waals surface area contributed by atoms with Gasteiger partial charge in [-0.2, -0.15) is 0 Å². The quantitative estimate of drug-likeness (QED) is 0.0372. The number of rotatable bonds is 11. The van der Waals surface area contributed by atoms with Gasteiger partial charge < -0.3 is 9.64 Å². The van der Waals surface area contributed by atoms with Crippen LogP contribution in [-0.4, -0.2) is 48.0 Å². The fraction of sp³-hybridized carbons (Fsp3) is 0.111. The van der Waals surface area contributed by atoms with E-state index in [-0.39, 0.29) is 36.5 Å². The fourth-order valence-corrected chi connectivity index (χ4v) is 10.5. The molecular weight excluding hydrogens is 631 g/mol. The molecule has 0 spiro atoms. The summed E-state index contributed by atoms with van der Waals surface area (Å²) in [4.78, 5) is 49.9. The predicted molar refractivity (Wildman–Crippen MR) is 187 cm³/mol. The van der Waals surface area contributed by atoms with Gasteiger partial charge in [-0.05, 0) is 39.7 Å². The molecule has 1 aliphatic rings. The summed E-state index contributed by atoms with van der Waals surface area (Å²) in [6.45, 7) is -3.24. The van der Waals surface area contributed by atoms with Crippen LogP contribution in [0.15, 0.2) is 134 Å². The third-order valence-corrected chi connectivity index (χ3v) is 12.6. The number of hydrogen-bond acceptors (Lipinski definition) is 8. The average molecular weight is 661 g/mol. The summed E-state index contributed by atoms with van der Waals surface area (Å²) >= 11 is 5.73. The summed E-state index contributed by atoms with van der Waals surface area (Å²) < 4.78 is 6.03. The molecule has 11 heteroatoms. The molecule has 47 heavy (non-hydrogen) atoms. The zero-order valence-electron chi connectivity index (χ0n) is 25.1. The van der Waals surface area contributed by atoms with E-state index in [1.54, 1.807) is 35.5 Å². The van der Waals surface area contributed by atoms with Crippen LogP contribution in [-0.2, 0) is 20.9 Å². The molecular formula is C36H29N4O5PS. The van der Waals surface area contributed by atoms with Crippen LogP contribution in [0.1, 0.15) is 24.2 Å². The van der Waals surface area contributed by atoms with Crippen molar-refractivity contribution >= 4 is 62.9 Å². The van der Waals surface area contributed by atoms with Crippen LogP contribution in [0.3, 0.4) is 0 Å². The molecule has 0 bridgehead atoms. The lowest BCUT2D eigenvalue weighted by Gasteiger charge is -2.45. The normalized spacial score (nSPS) is 14.2. The molecule has 0 saturated carbocycles. The van der Waals surface area contributed by atoms with E-state index in [2.05, 4.69) is 9.97 Å². The van der Waals surface area contributed by atoms with Crippen molar-refractivity contribution in [2.24, 2.45) is 0 Å². The predicted octanol–water partition coefficient (Wildman–Crippen LogP) is 4.96. The number of amides is 1. The highest BCUT2D eigenvalue weighted by Crippen LogP contribution is 2.49. The van der Waals surface area contributed by atoms with Crippen LogP contribution in [0.5, 0.6) is 0 Å². The van der Waals surface area contributed by atoms with Crippen LogP contribution in [0.25, 0.3) is 0 Å². The maximum absolute atomic E-state index is 14.7. The first kappa shape index (κ1) is 31.7. The van der Waals surface area contributed by atoms with Crippen molar-refractivity contribution in [3.8, 4) is 0 Å². The lowest BCUT2D eigenvalue weighted by molar-refractivity contribution is -0.384. The minimum Gasteiger partial charge on any atom is -0.456 e. The second kappa shape index (κ2) is 14.0. The van der Waals surface area contributed by atoms with E-state index >= 15 is 0 Å². The lowest BCUT2D eigenvalue weighted by Crippen LogP contribution is -2.60. The molecule has 1 aliphatic heterocycles. The monoisotopic (exact) mass is 660 g/mol. The van der Waals surface area contributed by atoms with Crippen LogP contribution in [0, 0.1) is 10.1 Å². The van der Waals surface area contributed by atoms with E-state index < -0.39 is 23.8 Å². The van der Waals surface area contributed by atoms with E-state index in [9.17, 15) is 19.7 Å². The van der Waals surface area contributed by atoms with E-state index in [1.165, 1.54) is 12.1 Å². The molecule has 2 heterocycles. The third-order valence-electron chi connectivity index (χ3n) is 7.96. The topological polar surface area (TPSA) is 116 Å². The van der Waals surface area contributed by atoms with Crippen LogP contribution in [0.4, 0.5) is 5.69 Å². The first-order valence-electron chi connectivity index (χ1n) is 14.9. The van der Waals surface area contributed by atoms with Gasteiger partial charge in [-0.1, -0.05) is 103 Å². The Bertz CT molecular complexity index is 1870. The maximum Gasteiger partial charge on any atom is 0.356 e. The van der Waals surface area contributed by atoms with Crippen molar-refractivity contribution in [2.75, 3.05) is 0 Å². The van der Waals surface area contributed by atoms with E-state index in [0.29, 0.717) is 16.3 Å². The number of thiocarbonyl (C=S) groups is 1. The number of carbonyl (C=O) groups is 2. The molecule has 4 aromatic carbocycles. The Morgan fingerprint density at radius 1 is 0.830 bits per heavy atom. The number of likely N-dealkylation sites (tertiary alicyclic amines) is 1. The maximum atomic E-state index is 14.7. The van der Waals surface area contributed by atoms with Gasteiger partial charge in [0.05, 0.1) is 15.8 Å². The minimum atomic E-state index is -3.09. The molecule has 1 unspecified atom stereocenters. The van der Waals surface area contributed by atoms with E-state index in [4.69, 9.17) is 17.0 Å². The number of esters is 1. The Labute approximate surface area is 277 Å². The summed E-state index contributed by atoms with van der Waals surface area (Å²) in [5.74, 6) is -0.478. The van der Waals surface area contributed by atoms with Crippen molar-refractivity contribution in [2.45, 2.75) is 25.5 Å². The molecule has 6 rings (SSSR count). The zero-order valence-corrected chi connectivity index (χ0v) is 26.8. The number of benzene rings is 4. The molecule has 234 valence electrons. The third kappa shape index (κ3) is 6.38. The second-order valence-electron chi connectivity index (χ2n) is 10.8. The number of hydrogen-bond donors (Lipinski definition) is 0. The molecule has 0 N–H and O–H groups in total. The van der Waals surface area contributed by atoms with Gasteiger partial charge in [0.2, 0.25) is 5.91 Å². The van der Waals surface area contributed by atoms with Crippen LogP contribution < -0.4 is 15.9 Å². The summed E-state index contributed by atoms with van der Waals surface area (Å²) in [5, 5.41) is 13.8. The smallest absolute Gasteiger partial charge is 0.356 e. The fourth-order valence-electron chi connectivity index (χ4n) is 5.78. The number of β-lactam (4-membered cyclic amide) rings is 1. The van der Waals surface area contributed by atoms with Crippen LogP contribution >= 0.6 is 19.1 Å². The van der Waals surface area contributed by atoms with Gasteiger partial charge in [0.1, 0.15) is 12.0 Å². The van der Waals surface area contributed by atoms with Crippen molar-refractivity contribution in [1.29, 1.82) is 0 Å². The van der Waals surface area contributed by atoms with Gasteiger partial charge in [0, 0.05) is 44.3 Å². The molecule has 1 aromatic heterocycles. The number of aromatic nitrogens is 2. The lowest BCUT2D eigenvalue weighted by atomic mass is 9.96.